The molecule has 442 valence electrons. The van der Waals surface area contributed by atoms with Crippen molar-refractivity contribution in [2.24, 2.45) is 46.3 Å². The van der Waals surface area contributed by atoms with Gasteiger partial charge in [-0.25, -0.2) is 47.9 Å². The number of ether oxygens (including phenoxy) is 10. The van der Waals surface area contributed by atoms with Gasteiger partial charge < -0.3 is 52.5 Å². The van der Waals surface area contributed by atoms with Crippen LogP contribution in [0.2, 0.25) is 0 Å². The summed E-state index contributed by atoms with van der Waals surface area (Å²) in [5.41, 5.74) is -2.12. The van der Waals surface area contributed by atoms with Crippen molar-refractivity contribution in [1.82, 2.24) is 0 Å². The molecule has 0 spiro atoms. The molecule has 3 rings (SSSR count). The molecule has 80 heavy (non-hydrogen) atoms. The highest BCUT2D eigenvalue weighted by molar-refractivity contribution is 5.84. The Hall–Kier alpha value is -7.94. The van der Waals surface area contributed by atoms with Gasteiger partial charge >= 0.3 is 59.7 Å². The van der Waals surface area contributed by atoms with Crippen LogP contribution in [0, 0.1) is 46.3 Å². The molecule has 21 heteroatoms. The Morgan fingerprint density at radius 2 is 0.675 bits per heavy atom. The van der Waals surface area contributed by atoms with Gasteiger partial charge in [0.25, 0.3) is 0 Å². The smallest absolute Gasteiger partial charge is 0.330 e. The molecule has 1 N–H and O–H groups in total. The van der Waals surface area contributed by atoms with E-state index in [1.807, 2.05) is 0 Å². The van der Waals surface area contributed by atoms with Gasteiger partial charge in [0.2, 0.25) is 0 Å². The highest BCUT2D eigenvalue weighted by Crippen LogP contribution is 2.62. The maximum atomic E-state index is 11.2. The summed E-state index contributed by atoms with van der Waals surface area (Å²) >= 11 is 0. The summed E-state index contributed by atoms with van der Waals surface area (Å²) in [5.74, 6) is -1.50. The summed E-state index contributed by atoms with van der Waals surface area (Å²) < 4.78 is 49.5. The third kappa shape index (κ3) is 29.2. The van der Waals surface area contributed by atoms with E-state index in [-0.39, 0.29) is 63.5 Å². The first kappa shape index (κ1) is 72.1. The molecule has 0 aromatic carbocycles. The average Bonchev–Trinajstić information content (AvgIpc) is 4.21. The molecule has 3 saturated carbocycles. The van der Waals surface area contributed by atoms with Crippen LogP contribution in [0.25, 0.3) is 0 Å². The third-order valence-corrected chi connectivity index (χ3v) is 13.0. The van der Waals surface area contributed by atoms with Gasteiger partial charge in [-0.05, 0) is 93.3 Å². The molecule has 0 aromatic rings. The molecule has 0 aromatic heterocycles. The van der Waals surface area contributed by atoms with E-state index in [4.69, 9.17) is 47.4 Å². The molecule has 3 fully saturated rings. The van der Waals surface area contributed by atoms with Crippen molar-refractivity contribution in [2.75, 3.05) is 72.7 Å². The molecular formula is C59H80O21. The fraction of sp³-hybridized carbons (Fsp3) is 0.492. The van der Waals surface area contributed by atoms with E-state index in [0.29, 0.717) is 50.6 Å². The average molecular weight is 1130 g/mol. The number of rotatable bonds is 35. The molecule has 6 unspecified atom stereocenters. The molecule has 0 aliphatic heterocycles. The number of carbonyl (C=O) groups excluding carboxylic acids is 10. The standard InChI is InChI=1S/C18H24O4.C15H20O6.C14H18O7.C12H18O4/c1-3-17(19)21-9-11-5-14-12-7-13(10-22-18(20)4-2)15(8-12)16(14)6-11;1-5-12(16)19-9-15(8-4,10-20-13(17)6-2)11-21-14(18)7-3;1-4-11(16)19-8-14(7-15,9-20-12(17)5-2)10-21-13(18)6-3;1-3-11(13)15-9-7-5-6-8-10-16-12(14)4-2/h3-4,11-16H,1-2,5-10H2;5-7H,1-3,8-11H2,4H3;4-6,15H,1-3,7-10H2;3-4H,1-2,5-10H2. The molecule has 0 heterocycles. The summed E-state index contributed by atoms with van der Waals surface area (Å²) in [6, 6.07) is 0. The van der Waals surface area contributed by atoms with Crippen molar-refractivity contribution < 1.29 is 100 Å². The Morgan fingerprint density at radius 1 is 0.375 bits per heavy atom. The van der Waals surface area contributed by atoms with Crippen LogP contribution in [-0.2, 0) is 95.3 Å². The molecule has 21 nitrogen and oxygen atoms in total. The Balaban J connectivity index is 0.00000105. The van der Waals surface area contributed by atoms with E-state index in [2.05, 4.69) is 65.8 Å². The Bertz CT molecular complexity index is 1950. The van der Waals surface area contributed by atoms with Crippen LogP contribution in [0.1, 0.15) is 64.7 Å². The number of aliphatic hydroxyl groups is 1. The second kappa shape index (κ2) is 41.2. The van der Waals surface area contributed by atoms with Gasteiger partial charge in [-0.3, -0.25) is 0 Å². The first-order valence-corrected chi connectivity index (χ1v) is 25.7. The first-order valence-electron chi connectivity index (χ1n) is 25.7. The quantitative estimate of drug-likeness (QED) is 0.0308. The monoisotopic (exact) mass is 1120 g/mol. The number of fused-ring (bicyclic) bond motifs is 5. The van der Waals surface area contributed by atoms with E-state index in [1.54, 1.807) is 6.92 Å². The number of hydrogen-bond acceptors (Lipinski definition) is 21. The number of unbranched alkanes of at least 4 members (excludes halogenated alkanes) is 3. The number of aliphatic hydroxyl groups excluding tert-OH is 1. The van der Waals surface area contributed by atoms with E-state index in [0.717, 1.165) is 98.5 Å². The Kier molecular flexibility index (Phi) is 37.1. The van der Waals surface area contributed by atoms with Gasteiger partial charge in [-0.2, -0.15) is 0 Å². The number of hydrogen-bond donors (Lipinski definition) is 1. The molecular weight excluding hydrogens is 1040 g/mol. The minimum atomic E-state index is -1.28. The SMILES string of the molecule is C=CC(=O)OCC(CC)(COC(=O)C=C)COC(=O)C=C.C=CC(=O)OCC(CO)(COC(=O)C=C)COC(=O)C=C.C=CC(=O)OCC1CC2C3CC(COC(=O)C=C)C(C3)C2C1.C=CC(=O)OCCCCCCOC(=O)C=C. The van der Waals surface area contributed by atoms with Crippen molar-refractivity contribution in [3.05, 3.63) is 127 Å². The van der Waals surface area contributed by atoms with E-state index < -0.39 is 53.3 Å². The van der Waals surface area contributed by atoms with Gasteiger partial charge in [-0.1, -0.05) is 72.7 Å². The van der Waals surface area contributed by atoms with Crippen molar-refractivity contribution in [3.8, 4) is 0 Å². The Labute approximate surface area is 469 Å². The second-order valence-corrected chi connectivity index (χ2v) is 18.5. The van der Waals surface area contributed by atoms with E-state index >= 15 is 0 Å². The van der Waals surface area contributed by atoms with Crippen LogP contribution in [0.3, 0.4) is 0 Å². The highest BCUT2D eigenvalue weighted by atomic mass is 16.6. The highest BCUT2D eigenvalue weighted by Gasteiger charge is 2.56. The Morgan fingerprint density at radius 3 is 1.00 bits per heavy atom. The van der Waals surface area contributed by atoms with Gasteiger partial charge in [0.05, 0.1) is 43.9 Å². The van der Waals surface area contributed by atoms with Crippen LogP contribution in [0.15, 0.2) is 127 Å². The predicted molar refractivity (Wildman–Crippen MR) is 292 cm³/mol. The van der Waals surface area contributed by atoms with Gasteiger partial charge in [0.1, 0.15) is 39.6 Å². The van der Waals surface area contributed by atoms with Gasteiger partial charge in [-0.15, -0.1) is 0 Å². The van der Waals surface area contributed by atoms with Crippen LogP contribution >= 0.6 is 0 Å². The zero-order valence-electron chi connectivity index (χ0n) is 46.1. The fourth-order valence-corrected chi connectivity index (χ4v) is 8.57. The summed E-state index contributed by atoms with van der Waals surface area (Å²) in [6.07, 6.45) is 19.4. The van der Waals surface area contributed by atoms with Crippen molar-refractivity contribution >= 4 is 59.7 Å². The molecule has 0 saturated heterocycles. The minimum Gasteiger partial charge on any atom is -0.463 e. The van der Waals surface area contributed by atoms with Crippen LogP contribution in [0.5, 0.6) is 0 Å². The minimum absolute atomic E-state index is 0.0802. The summed E-state index contributed by atoms with van der Waals surface area (Å²) in [7, 11) is 0. The maximum Gasteiger partial charge on any atom is 0.330 e. The second-order valence-electron chi connectivity index (χ2n) is 18.5. The maximum absolute atomic E-state index is 11.2. The van der Waals surface area contributed by atoms with E-state index in [1.165, 1.54) is 31.4 Å². The van der Waals surface area contributed by atoms with Crippen molar-refractivity contribution in [3.63, 3.8) is 0 Å². The van der Waals surface area contributed by atoms with Gasteiger partial charge in [0, 0.05) is 60.8 Å². The summed E-state index contributed by atoms with van der Waals surface area (Å²) in [4.78, 5) is 111. The van der Waals surface area contributed by atoms with E-state index in [9.17, 15) is 53.1 Å². The van der Waals surface area contributed by atoms with Crippen LogP contribution in [-0.4, -0.2) is 137 Å². The largest absolute Gasteiger partial charge is 0.463 e. The first-order chi connectivity index (χ1) is 38.2. The van der Waals surface area contributed by atoms with Crippen LogP contribution in [0.4, 0.5) is 0 Å². The summed E-state index contributed by atoms with van der Waals surface area (Å²) in [6.45, 7) is 34.9. The zero-order chi connectivity index (χ0) is 60.5. The summed E-state index contributed by atoms with van der Waals surface area (Å²) in [5, 5.41) is 9.48. The molecule has 0 amide bonds. The lowest BCUT2D eigenvalue weighted by Gasteiger charge is -2.31. The normalized spacial score (nSPS) is 17.7. The fourth-order valence-electron chi connectivity index (χ4n) is 8.57. The molecule has 6 atom stereocenters. The zero-order valence-corrected chi connectivity index (χ0v) is 46.1. The predicted octanol–water partition coefficient (Wildman–Crippen LogP) is 6.47. The number of carbonyl (C=O) groups is 10. The third-order valence-electron chi connectivity index (χ3n) is 13.0. The molecule has 3 aliphatic rings. The lowest BCUT2D eigenvalue weighted by molar-refractivity contribution is -0.160. The van der Waals surface area contributed by atoms with Gasteiger partial charge in [0.15, 0.2) is 0 Å². The molecule has 2 bridgehead atoms. The van der Waals surface area contributed by atoms with Crippen molar-refractivity contribution in [1.29, 1.82) is 0 Å². The van der Waals surface area contributed by atoms with Crippen LogP contribution < -0.4 is 0 Å². The molecule has 3 aliphatic carbocycles. The lowest BCUT2D eigenvalue weighted by atomic mass is 9.76. The molecule has 0 radical (unpaired) electrons. The number of esters is 10. The topological polar surface area (TPSA) is 283 Å². The van der Waals surface area contributed by atoms with Crippen molar-refractivity contribution in [2.45, 2.75) is 64.7 Å². The lowest BCUT2D eigenvalue weighted by Crippen LogP contribution is -2.42.